The molecule has 0 heterocycles. The Morgan fingerprint density at radius 1 is 1.73 bits per heavy atom. The fourth-order valence-corrected chi connectivity index (χ4v) is 0.775. The van der Waals surface area contributed by atoms with E-state index in [2.05, 4.69) is 10.8 Å². The summed E-state index contributed by atoms with van der Waals surface area (Å²) < 4.78 is 22.0. The highest BCUT2D eigenvalue weighted by molar-refractivity contribution is 7.74. The first-order valence-corrected chi connectivity index (χ1v) is 4.12. The molecular weight excluding hydrogens is 168 g/mol. The number of carbonyl (C=O) groups is 1. The molecule has 1 N–H and O–H groups in total. The minimum atomic E-state index is -2.53. The zero-order valence-electron chi connectivity index (χ0n) is 6.20. The van der Waals surface area contributed by atoms with Crippen molar-refractivity contribution in [2.24, 2.45) is 0 Å². The number of hydrogen-bond donors (Lipinski definition) is 1. The largest absolute Gasteiger partial charge is 0.360 e. The first-order chi connectivity index (χ1) is 5.07. The van der Waals surface area contributed by atoms with Gasteiger partial charge < -0.3 is 4.18 Å². The second-order valence-corrected chi connectivity index (χ2v) is 2.54. The predicted molar refractivity (Wildman–Crippen MR) is 40.9 cm³/mol. The van der Waals surface area contributed by atoms with Crippen molar-refractivity contribution >= 4 is 17.3 Å². The zero-order valence-corrected chi connectivity index (χ0v) is 7.02. The van der Waals surface area contributed by atoms with Gasteiger partial charge in [-0.05, 0) is 6.42 Å². The molecule has 0 rings (SSSR count). The molecule has 0 fully saturated rings. The third-order valence-electron chi connectivity index (χ3n) is 0.987. The van der Waals surface area contributed by atoms with E-state index in [9.17, 15) is 9.00 Å². The van der Waals surface area contributed by atoms with Crippen LogP contribution in [0.4, 0.5) is 0 Å². The van der Waals surface area contributed by atoms with Crippen LogP contribution in [0, 0.1) is 0 Å². The van der Waals surface area contributed by atoms with Gasteiger partial charge in [-0.3, -0.25) is 4.55 Å². The lowest BCUT2D eigenvalue weighted by Gasteiger charge is -1.99. The molecule has 0 spiro atoms. The Labute approximate surface area is 67.7 Å². The lowest BCUT2D eigenvalue weighted by molar-refractivity contribution is -0.129. The van der Waals surface area contributed by atoms with Gasteiger partial charge in [0, 0.05) is 5.57 Å². The number of rotatable bonds is 4. The summed E-state index contributed by atoms with van der Waals surface area (Å²) in [7, 11) is 0. The first kappa shape index (κ1) is 10.3. The van der Waals surface area contributed by atoms with Crippen LogP contribution in [0.3, 0.4) is 0 Å². The first-order valence-electron chi connectivity index (χ1n) is 3.09. The highest BCUT2D eigenvalue weighted by Crippen LogP contribution is 2.04. The molecule has 0 aliphatic rings. The quantitative estimate of drug-likeness (QED) is 0.515. The van der Waals surface area contributed by atoms with Crippen molar-refractivity contribution in [3.05, 3.63) is 12.2 Å². The van der Waals surface area contributed by atoms with Crippen molar-refractivity contribution in [3.8, 4) is 0 Å². The topological polar surface area (TPSA) is 63.6 Å². The van der Waals surface area contributed by atoms with Crippen LogP contribution in [-0.4, -0.2) is 14.7 Å². The van der Waals surface area contributed by atoms with Gasteiger partial charge in [-0.1, -0.05) is 19.9 Å². The van der Waals surface area contributed by atoms with E-state index < -0.39 is 17.3 Å². The Kier molecular flexibility index (Phi) is 4.72. The summed E-state index contributed by atoms with van der Waals surface area (Å²) in [6.07, 6.45) is 1.24. The van der Waals surface area contributed by atoms with Crippen LogP contribution in [-0.2, 0) is 20.3 Å². The van der Waals surface area contributed by atoms with Gasteiger partial charge in [-0.25, -0.2) is 4.79 Å². The molecule has 1 unspecified atom stereocenters. The number of carbonyl (C=O) groups excluding carboxylic acids is 1. The molecule has 0 aromatic carbocycles. The van der Waals surface area contributed by atoms with Gasteiger partial charge in [0.25, 0.3) is 0 Å². The van der Waals surface area contributed by atoms with E-state index in [-0.39, 0.29) is 5.57 Å². The molecule has 11 heavy (non-hydrogen) atoms. The smallest absolute Gasteiger partial charge is 0.339 e. The summed E-state index contributed by atoms with van der Waals surface area (Å²) in [4.78, 5) is 10.7. The second kappa shape index (κ2) is 5.03. The monoisotopic (exact) mass is 178 g/mol. The lowest BCUT2D eigenvalue weighted by atomic mass is 10.2. The maximum Gasteiger partial charge on any atom is 0.360 e. The summed E-state index contributed by atoms with van der Waals surface area (Å²) >= 11 is -2.53. The average Bonchev–Trinajstić information content (AvgIpc) is 1.86. The molecule has 0 saturated heterocycles. The van der Waals surface area contributed by atoms with E-state index in [1.54, 1.807) is 0 Å². The predicted octanol–water partition coefficient (Wildman–Crippen LogP) is 1.02. The van der Waals surface area contributed by atoms with Crippen LogP contribution < -0.4 is 0 Å². The van der Waals surface area contributed by atoms with Crippen LogP contribution in [0.1, 0.15) is 19.8 Å². The van der Waals surface area contributed by atoms with E-state index in [1.165, 1.54) is 0 Å². The van der Waals surface area contributed by atoms with E-state index in [0.29, 0.717) is 6.42 Å². The van der Waals surface area contributed by atoms with Crippen molar-refractivity contribution in [2.75, 3.05) is 0 Å². The fourth-order valence-electron chi connectivity index (χ4n) is 0.528. The molecule has 0 aromatic rings. The average molecular weight is 178 g/mol. The van der Waals surface area contributed by atoms with E-state index in [0.717, 1.165) is 6.42 Å². The minimum Gasteiger partial charge on any atom is -0.339 e. The zero-order chi connectivity index (χ0) is 8.85. The molecule has 0 aliphatic heterocycles. The van der Waals surface area contributed by atoms with Crippen LogP contribution >= 0.6 is 0 Å². The van der Waals surface area contributed by atoms with Gasteiger partial charge in [0.05, 0.1) is 0 Å². The van der Waals surface area contributed by atoms with Crippen molar-refractivity contribution < 1.29 is 17.7 Å². The molecule has 0 bridgehead atoms. The van der Waals surface area contributed by atoms with Crippen LogP contribution in [0.5, 0.6) is 0 Å². The SMILES string of the molecule is C=C(CCC)C(=O)OS(=O)O. The molecule has 1 atom stereocenters. The summed E-state index contributed by atoms with van der Waals surface area (Å²) in [5, 5.41) is 0. The second-order valence-electron chi connectivity index (χ2n) is 1.94. The molecule has 4 nitrogen and oxygen atoms in total. The molecule has 0 radical (unpaired) electrons. The summed E-state index contributed by atoms with van der Waals surface area (Å²) in [6, 6.07) is 0. The Bertz CT molecular complexity index is 187. The van der Waals surface area contributed by atoms with Crippen LogP contribution in [0.2, 0.25) is 0 Å². The maximum atomic E-state index is 10.7. The van der Waals surface area contributed by atoms with Gasteiger partial charge in [0.15, 0.2) is 0 Å². The van der Waals surface area contributed by atoms with E-state index >= 15 is 0 Å². The molecule has 0 aromatic heterocycles. The molecule has 0 aliphatic carbocycles. The highest BCUT2D eigenvalue weighted by atomic mass is 32.2. The molecule has 64 valence electrons. The van der Waals surface area contributed by atoms with Gasteiger partial charge >= 0.3 is 17.3 Å². The van der Waals surface area contributed by atoms with E-state index in [4.69, 9.17) is 4.55 Å². The Morgan fingerprint density at radius 2 is 2.27 bits per heavy atom. The minimum absolute atomic E-state index is 0.218. The summed E-state index contributed by atoms with van der Waals surface area (Å²) in [5.74, 6) is -0.812. The molecule has 5 heteroatoms. The lowest BCUT2D eigenvalue weighted by Crippen LogP contribution is -2.08. The highest BCUT2D eigenvalue weighted by Gasteiger charge is 2.09. The van der Waals surface area contributed by atoms with Gasteiger partial charge in [0.1, 0.15) is 0 Å². The Balaban J connectivity index is 3.83. The van der Waals surface area contributed by atoms with Crippen molar-refractivity contribution in [1.29, 1.82) is 0 Å². The van der Waals surface area contributed by atoms with Crippen LogP contribution in [0.15, 0.2) is 12.2 Å². The Hall–Kier alpha value is -0.680. The fraction of sp³-hybridized carbons (Fsp3) is 0.500. The third kappa shape index (κ3) is 4.69. The molecular formula is C6H10O4S. The van der Waals surface area contributed by atoms with Gasteiger partial charge in [-0.15, -0.1) is 0 Å². The summed E-state index contributed by atoms with van der Waals surface area (Å²) in [6.45, 7) is 5.25. The van der Waals surface area contributed by atoms with Crippen LogP contribution in [0.25, 0.3) is 0 Å². The van der Waals surface area contributed by atoms with Gasteiger partial charge in [0.2, 0.25) is 0 Å². The van der Waals surface area contributed by atoms with Gasteiger partial charge in [-0.2, -0.15) is 4.21 Å². The normalized spacial score (nSPS) is 12.2. The van der Waals surface area contributed by atoms with Crippen molar-refractivity contribution in [2.45, 2.75) is 19.8 Å². The van der Waals surface area contributed by atoms with Crippen molar-refractivity contribution in [1.82, 2.24) is 0 Å². The van der Waals surface area contributed by atoms with Crippen molar-refractivity contribution in [3.63, 3.8) is 0 Å². The maximum absolute atomic E-state index is 10.7. The third-order valence-corrected chi connectivity index (χ3v) is 1.28. The number of hydrogen-bond acceptors (Lipinski definition) is 3. The molecule has 0 saturated carbocycles. The van der Waals surface area contributed by atoms with E-state index in [1.807, 2.05) is 6.92 Å². The standard InChI is InChI=1S/C6H10O4S/c1-3-4-5(2)6(7)10-11(8)9/h2-4H2,1H3,(H,8,9). The summed E-state index contributed by atoms with van der Waals surface area (Å²) in [5.41, 5.74) is 0.218. The molecule has 0 amide bonds. The Morgan fingerprint density at radius 3 is 2.64 bits per heavy atom.